The van der Waals surface area contributed by atoms with Crippen LogP contribution in [-0.2, 0) is 4.79 Å². The van der Waals surface area contributed by atoms with Crippen molar-refractivity contribution in [1.29, 1.82) is 0 Å². The maximum absolute atomic E-state index is 13.3. The second-order valence-corrected chi connectivity index (χ2v) is 5.11. The van der Waals surface area contributed by atoms with E-state index in [0.29, 0.717) is 10.6 Å². The Morgan fingerprint density at radius 3 is 2.65 bits per heavy atom. The van der Waals surface area contributed by atoms with Gasteiger partial charge in [-0.25, -0.2) is 4.39 Å². The molecule has 5 heteroatoms. The monoisotopic (exact) mass is 275 g/mol. The molecule has 1 aromatic carbocycles. The molecule has 2 nitrogen and oxygen atoms in total. The maximum Gasteiger partial charge on any atom is 0.223 e. The fraction of sp³-hybridized carbons (Fsp3) is 0.417. The fourth-order valence-corrected chi connectivity index (χ4v) is 2.17. The van der Waals surface area contributed by atoms with Crippen molar-refractivity contribution in [1.82, 2.24) is 5.32 Å². The molecule has 1 fully saturated rings. The highest BCUT2D eigenvalue weighted by atomic mass is 35.5. The summed E-state index contributed by atoms with van der Waals surface area (Å²) in [5.41, 5.74) is 0.544. The molecule has 1 N–H and O–H groups in total. The summed E-state index contributed by atoms with van der Waals surface area (Å²) in [6.07, 6.45) is 1.86. The van der Waals surface area contributed by atoms with Gasteiger partial charge in [0.1, 0.15) is 5.82 Å². The molecule has 92 valence electrons. The smallest absolute Gasteiger partial charge is 0.223 e. The molecular weight excluding hydrogens is 264 g/mol. The van der Waals surface area contributed by atoms with Gasteiger partial charge in [-0.3, -0.25) is 4.79 Å². The fourth-order valence-electron chi connectivity index (χ4n) is 1.62. The Kier molecular flexibility index (Phi) is 3.59. The minimum absolute atomic E-state index is 0.00363. The van der Waals surface area contributed by atoms with Crippen molar-refractivity contribution < 1.29 is 9.18 Å². The van der Waals surface area contributed by atoms with Gasteiger partial charge < -0.3 is 5.32 Å². The number of rotatable bonds is 3. The number of carbonyl (C=O) groups is 1. The molecule has 0 bridgehead atoms. The Morgan fingerprint density at radius 2 is 2.06 bits per heavy atom. The van der Waals surface area contributed by atoms with Gasteiger partial charge in [-0.15, -0.1) is 0 Å². The number of benzene rings is 1. The molecule has 1 aromatic rings. The summed E-state index contributed by atoms with van der Waals surface area (Å²) in [5, 5.41) is 3.16. The van der Waals surface area contributed by atoms with E-state index >= 15 is 0 Å². The van der Waals surface area contributed by atoms with Crippen LogP contribution in [0.4, 0.5) is 4.39 Å². The molecular formula is C12H12Cl2FNO. The van der Waals surface area contributed by atoms with E-state index in [1.165, 1.54) is 12.1 Å². The largest absolute Gasteiger partial charge is 0.349 e. The van der Waals surface area contributed by atoms with Crippen LogP contribution in [0.15, 0.2) is 12.1 Å². The molecule has 1 amide bonds. The summed E-state index contributed by atoms with van der Waals surface area (Å²) < 4.78 is 13.3. The van der Waals surface area contributed by atoms with Crippen LogP contribution in [0.1, 0.15) is 31.4 Å². The standard InChI is InChI=1S/C12H12Cl2FNO/c1-6(16-12(17)7-2-3-7)8-4-11(15)10(14)5-9(8)13/h4-7H,2-3H2,1H3,(H,16,17)/t6-/m1/s1. The van der Waals surface area contributed by atoms with Crippen LogP contribution < -0.4 is 5.32 Å². The lowest BCUT2D eigenvalue weighted by atomic mass is 10.1. The van der Waals surface area contributed by atoms with Gasteiger partial charge in [-0.05, 0) is 37.5 Å². The predicted molar refractivity (Wildman–Crippen MR) is 65.7 cm³/mol. The molecule has 1 aliphatic rings. The molecule has 17 heavy (non-hydrogen) atoms. The van der Waals surface area contributed by atoms with Crippen molar-refractivity contribution in [3.05, 3.63) is 33.6 Å². The van der Waals surface area contributed by atoms with Crippen molar-refractivity contribution in [3.8, 4) is 0 Å². The molecule has 0 spiro atoms. The van der Waals surface area contributed by atoms with Crippen molar-refractivity contribution >= 4 is 29.1 Å². The Balaban J connectivity index is 2.15. The normalized spacial score (nSPS) is 16.7. The number of hydrogen-bond acceptors (Lipinski definition) is 1. The van der Waals surface area contributed by atoms with E-state index in [1.54, 1.807) is 6.92 Å². The highest BCUT2D eigenvalue weighted by Crippen LogP contribution is 2.32. The lowest BCUT2D eigenvalue weighted by Gasteiger charge is -2.16. The number of carbonyl (C=O) groups excluding carboxylic acids is 1. The molecule has 0 aromatic heterocycles. The van der Waals surface area contributed by atoms with Crippen molar-refractivity contribution in [2.45, 2.75) is 25.8 Å². The zero-order valence-corrected chi connectivity index (χ0v) is 10.8. The zero-order valence-electron chi connectivity index (χ0n) is 9.27. The van der Waals surface area contributed by atoms with Gasteiger partial charge in [0.25, 0.3) is 0 Å². The molecule has 1 atom stereocenters. The van der Waals surface area contributed by atoms with Crippen molar-refractivity contribution in [2.75, 3.05) is 0 Å². The molecule has 1 aliphatic carbocycles. The molecule has 0 saturated heterocycles. The maximum atomic E-state index is 13.3. The minimum atomic E-state index is -0.529. The van der Waals surface area contributed by atoms with Crippen LogP contribution >= 0.6 is 23.2 Å². The van der Waals surface area contributed by atoms with Gasteiger partial charge >= 0.3 is 0 Å². The molecule has 0 unspecified atom stereocenters. The van der Waals surface area contributed by atoms with Crippen LogP contribution in [0.25, 0.3) is 0 Å². The highest BCUT2D eigenvalue weighted by Gasteiger charge is 2.30. The van der Waals surface area contributed by atoms with Gasteiger partial charge in [-0.2, -0.15) is 0 Å². The minimum Gasteiger partial charge on any atom is -0.349 e. The summed E-state index contributed by atoms with van der Waals surface area (Å²) >= 11 is 11.6. The summed E-state index contributed by atoms with van der Waals surface area (Å²) in [6, 6.07) is 2.30. The average molecular weight is 276 g/mol. The Hall–Kier alpha value is -0.800. The second-order valence-electron chi connectivity index (χ2n) is 4.29. The number of halogens is 3. The van der Waals surface area contributed by atoms with Crippen LogP contribution in [0.3, 0.4) is 0 Å². The van der Waals surface area contributed by atoms with Gasteiger partial charge in [0.2, 0.25) is 5.91 Å². The average Bonchev–Trinajstić information content (AvgIpc) is 3.06. The first-order valence-electron chi connectivity index (χ1n) is 5.44. The molecule has 1 saturated carbocycles. The third kappa shape index (κ3) is 2.90. The Morgan fingerprint density at radius 1 is 1.41 bits per heavy atom. The first kappa shape index (κ1) is 12.7. The van der Waals surface area contributed by atoms with E-state index in [9.17, 15) is 9.18 Å². The van der Waals surface area contributed by atoms with Crippen molar-refractivity contribution in [2.24, 2.45) is 5.92 Å². The van der Waals surface area contributed by atoms with Gasteiger partial charge in [-0.1, -0.05) is 23.2 Å². The third-order valence-corrected chi connectivity index (χ3v) is 3.43. The van der Waals surface area contributed by atoms with Crippen LogP contribution in [-0.4, -0.2) is 5.91 Å². The van der Waals surface area contributed by atoms with E-state index in [2.05, 4.69) is 5.32 Å². The van der Waals surface area contributed by atoms with E-state index in [1.807, 2.05) is 0 Å². The molecule has 0 radical (unpaired) electrons. The topological polar surface area (TPSA) is 29.1 Å². The lowest BCUT2D eigenvalue weighted by molar-refractivity contribution is -0.122. The second kappa shape index (κ2) is 4.83. The summed E-state index contributed by atoms with van der Waals surface area (Å²) in [7, 11) is 0. The zero-order chi connectivity index (χ0) is 12.6. The van der Waals surface area contributed by atoms with Gasteiger partial charge in [0.05, 0.1) is 11.1 Å². The predicted octanol–water partition coefficient (Wildman–Crippen LogP) is 3.72. The Bertz CT molecular complexity index is 460. The van der Waals surface area contributed by atoms with E-state index in [-0.39, 0.29) is 22.9 Å². The van der Waals surface area contributed by atoms with E-state index < -0.39 is 5.82 Å². The van der Waals surface area contributed by atoms with Crippen LogP contribution in [0, 0.1) is 11.7 Å². The van der Waals surface area contributed by atoms with Crippen LogP contribution in [0.5, 0.6) is 0 Å². The molecule has 0 heterocycles. The molecule has 0 aliphatic heterocycles. The quantitative estimate of drug-likeness (QED) is 0.837. The van der Waals surface area contributed by atoms with Gasteiger partial charge in [0.15, 0.2) is 0 Å². The first-order chi connectivity index (χ1) is 7.99. The van der Waals surface area contributed by atoms with Crippen molar-refractivity contribution in [3.63, 3.8) is 0 Å². The summed E-state index contributed by atoms with van der Waals surface area (Å²) in [5.74, 6) is -0.407. The number of hydrogen-bond donors (Lipinski definition) is 1. The lowest BCUT2D eigenvalue weighted by Crippen LogP contribution is -2.28. The number of amides is 1. The number of nitrogens with one attached hydrogen (secondary N) is 1. The summed E-state index contributed by atoms with van der Waals surface area (Å²) in [6.45, 7) is 1.77. The third-order valence-electron chi connectivity index (χ3n) is 2.81. The summed E-state index contributed by atoms with van der Waals surface area (Å²) in [4.78, 5) is 11.6. The first-order valence-corrected chi connectivity index (χ1v) is 6.19. The molecule has 2 rings (SSSR count). The SMILES string of the molecule is C[C@@H](NC(=O)C1CC1)c1cc(F)c(Cl)cc1Cl. The van der Waals surface area contributed by atoms with E-state index in [0.717, 1.165) is 12.8 Å². The van der Waals surface area contributed by atoms with E-state index in [4.69, 9.17) is 23.2 Å². The Labute approximate surface area is 109 Å². The van der Waals surface area contributed by atoms with Gasteiger partial charge in [0, 0.05) is 10.9 Å². The highest BCUT2D eigenvalue weighted by molar-refractivity contribution is 6.35. The van der Waals surface area contributed by atoms with Crippen LogP contribution in [0.2, 0.25) is 10.0 Å².